The van der Waals surface area contributed by atoms with Crippen LogP contribution in [0.3, 0.4) is 0 Å². The van der Waals surface area contributed by atoms with Crippen LogP contribution in [0, 0.1) is 5.82 Å². The Morgan fingerprint density at radius 1 is 1.05 bits per heavy atom. The average Bonchev–Trinajstić information content (AvgIpc) is 3.46. The van der Waals surface area contributed by atoms with Gasteiger partial charge >= 0.3 is 5.97 Å². The van der Waals surface area contributed by atoms with Crippen molar-refractivity contribution in [3.05, 3.63) is 112 Å². The van der Waals surface area contributed by atoms with Crippen molar-refractivity contribution in [3.63, 3.8) is 0 Å². The van der Waals surface area contributed by atoms with Gasteiger partial charge in [-0.25, -0.2) is 9.37 Å². The van der Waals surface area contributed by atoms with Crippen LogP contribution in [0.5, 0.6) is 0 Å². The molecule has 0 aliphatic carbocycles. The summed E-state index contributed by atoms with van der Waals surface area (Å²) >= 11 is 0. The van der Waals surface area contributed by atoms with Crippen molar-refractivity contribution in [2.75, 3.05) is 0 Å². The van der Waals surface area contributed by atoms with Gasteiger partial charge in [0.1, 0.15) is 23.4 Å². The zero-order chi connectivity index (χ0) is 28.1. The minimum atomic E-state index is -0.876. The quantitative estimate of drug-likeness (QED) is 0.197. The maximum absolute atomic E-state index is 13.6. The number of nitrogens with zero attached hydrogens (tertiary/aromatic N) is 3. The van der Waals surface area contributed by atoms with E-state index in [1.165, 1.54) is 28.8 Å². The first-order chi connectivity index (χ1) is 19.4. The van der Waals surface area contributed by atoms with Crippen LogP contribution < -0.4 is 5.56 Å². The van der Waals surface area contributed by atoms with Gasteiger partial charge in [-0.3, -0.25) is 14.2 Å². The number of benzene rings is 3. The number of aromatic nitrogens is 3. The third-order valence-corrected chi connectivity index (χ3v) is 6.63. The highest BCUT2D eigenvalue weighted by Crippen LogP contribution is 2.27. The standard InChI is InChI=1S/C31H28FN3O5/c1-20(39-19-21-7-3-2-4-8-21)28-18-26(34-40-28)22-11-16-25-27(17-22)33-29(9-5-6-10-30(36)37)35(31(25)38)24-14-12-23(32)13-15-24/h2-4,7-8,11-18,20H,5-6,9-10,19H2,1H3,(H,36,37)/t20-/m1/s1. The van der Waals surface area contributed by atoms with Crippen LogP contribution in [0.2, 0.25) is 0 Å². The molecule has 8 nitrogen and oxygen atoms in total. The normalized spacial score (nSPS) is 12.1. The molecule has 0 radical (unpaired) electrons. The van der Waals surface area contributed by atoms with Crippen molar-refractivity contribution in [1.29, 1.82) is 0 Å². The van der Waals surface area contributed by atoms with Gasteiger partial charge in [0.25, 0.3) is 5.56 Å². The molecule has 0 spiro atoms. The molecule has 0 saturated carbocycles. The average molecular weight is 542 g/mol. The number of hydrogen-bond acceptors (Lipinski definition) is 6. The number of hydrogen-bond donors (Lipinski definition) is 1. The summed E-state index contributed by atoms with van der Waals surface area (Å²) in [4.78, 5) is 29.3. The first-order valence-electron chi connectivity index (χ1n) is 13.0. The highest BCUT2D eigenvalue weighted by atomic mass is 19.1. The van der Waals surface area contributed by atoms with Crippen molar-refractivity contribution in [1.82, 2.24) is 14.7 Å². The zero-order valence-electron chi connectivity index (χ0n) is 21.9. The van der Waals surface area contributed by atoms with E-state index in [-0.39, 0.29) is 18.1 Å². The Bertz CT molecular complexity index is 1680. The molecule has 0 fully saturated rings. The molecule has 0 amide bonds. The lowest BCUT2D eigenvalue weighted by Gasteiger charge is -2.14. The Morgan fingerprint density at radius 2 is 1.82 bits per heavy atom. The van der Waals surface area contributed by atoms with E-state index in [1.54, 1.807) is 18.2 Å². The molecular weight excluding hydrogens is 513 g/mol. The third-order valence-electron chi connectivity index (χ3n) is 6.63. The molecule has 2 aromatic heterocycles. The summed E-state index contributed by atoms with van der Waals surface area (Å²) in [7, 11) is 0. The highest BCUT2D eigenvalue weighted by molar-refractivity contribution is 5.83. The smallest absolute Gasteiger partial charge is 0.303 e. The van der Waals surface area contributed by atoms with Crippen LogP contribution >= 0.6 is 0 Å². The van der Waals surface area contributed by atoms with Crippen molar-refractivity contribution >= 4 is 16.9 Å². The summed E-state index contributed by atoms with van der Waals surface area (Å²) in [6.45, 7) is 2.33. The van der Waals surface area contributed by atoms with Gasteiger partial charge in [0.15, 0.2) is 5.76 Å². The van der Waals surface area contributed by atoms with Crippen LogP contribution in [0.1, 0.15) is 49.4 Å². The summed E-state index contributed by atoms with van der Waals surface area (Å²) in [6, 6.07) is 22.5. The van der Waals surface area contributed by atoms with Gasteiger partial charge in [0.05, 0.1) is 23.2 Å². The van der Waals surface area contributed by atoms with Gasteiger partial charge in [-0.2, -0.15) is 0 Å². The topological polar surface area (TPSA) is 107 Å². The van der Waals surface area contributed by atoms with Crippen LogP contribution in [-0.4, -0.2) is 25.8 Å². The van der Waals surface area contributed by atoms with E-state index >= 15 is 0 Å². The number of rotatable bonds is 11. The molecule has 5 rings (SSSR count). The minimum absolute atomic E-state index is 0.0283. The van der Waals surface area contributed by atoms with E-state index in [9.17, 15) is 14.0 Å². The predicted molar refractivity (Wildman–Crippen MR) is 148 cm³/mol. The number of carboxylic acids is 1. The van der Waals surface area contributed by atoms with E-state index in [0.29, 0.717) is 59.7 Å². The molecule has 40 heavy (non-hydrogen) atoms. The van der Waals surface area contributed by atoms with E-state index in [2.05, 4.69) is 5.16 Å². The largest absolute Gasteiger partial charge is 0.481 e. The summed E-state index contributed by atoms with van der Waals surface area (Å²) in [5.41, 5.74) is 3.04. The van der Waals surface area contributed by atoms with Gasteiger partial charge in [0.2, 0.25) is 0 Å². The Morgan fingerprint density at radius 3 is 2.58 bits per heavy atom. The zero-order valence-corrected chi connectivity index (χ0v) is 21.9. The molecular formula is C31H28FN3O5. The molecule has 3 aromatic carbocycles. The molecule has 0 aliphatic heterocycles. The van der Waals surface area contributed by atoms with Gasteiger partial charge in [-0.1, -0.05) is 41.6 Å². The van der Waals surface area contributed by atoms with E-state index in [0.717, 1.165) is 11.1 Å². The van der Waals surface area contributed by atoms with Crippen LogP contribution in [0.4, 0.5) is 4.39 Å². The molecule has 9 heteroatoms. The Labute approximate surface area is 229 Å². The fourth-order valence-corrected chi connectivity index (χ4v) is 4.47. The lowest BCUT2D eigenvalue weighted by molar-refractivity contribution is -0.137. The Hall–Kier alpha value is -4.63. The number of aliphatic carboxylic acids is 1. The van der Waals surface area contributed by atoms with Crippen LogP contribution in [-0.2, 0) is 22.6 Å². The Kier molecular flexibility index (Phi) is 8.12. The summed E-state index contributed by atoms with van der Waals surface area (Å²) in [5.74, 6) is -0.246. The fraction of sp³-hybridized carbons (Fsp3) is 0.226. The SMILES string of the molecule is C[C@@H](OCc1ccccc1)c1cc(-c2ccc3c(=O)n(-c4ccc(F)cc4)c(CCCCC(=O)O)nc3c2)no1. The molecule has 204 valence electrons. The molecule has 0 unspecified atom stereocenters. The fourth-order valence-electron chi connectivity index (χ4n) is 4.47. The maximum atomic E-state index is 13.6. The lowest BCUT2D eigenvalue weighted by Crippen LogP contribution is -2.24. The lowest BCUT2D eigenvalue weighted by atomic mass is 10.1. The first-order valence-corrected chi connectivity index (χ1v) is 13.0. The van der Waals surface area contributed by atoms with Crippen molar-refractivity contribution in [2.24, 2.45) is 0 Å². The van der Waals surface area contributed by atoms with Gasteiger partial charge in [-0.05, 0) is 61.7 Å². The number of ether oxygens (including phenoxy) is 1. The predicted octanol–water partition coefficient (Wildman–Crippen LogP) is 6.26. The molecule has 0 saturated heterocycles. The first kappa shape index (κ1) is 27.0. The molecule has 0 aliphatic rings. The molecule has 1 atom stereocenters. The number of halogens is 1. The summed E-state index contributed by atoms with van der Waals surface area (Å²) < 4.78 is 26.5. The molecule has 5 aromatic rings. The number of unbranched alkanes of at least 4 members (excludes halogenated alkanes) is 1. The molecule has 2 heterocycles. The second-order valence-corrected chi connectivity index (χ2v) is 9.53. The number of fused-ring (bicyclic) bond motifs is 1. The van der Waals surface area contributed by atoms with Crippen molar-refractivity contribution < 1.29 is 23.6 Å². The summed E-state index contributed by atoms with van der Waals surface area (Å²) in [5, 5.41) is 13.6. The monoisotopic (exact) mass is 541 g/mol. The summed E-state index contributed by atoms with van der Waals surface area (Å²) in [6.07, 6.45) is 1.06. The Balaban J connectivity index is 1.44. The third kappa shape index (κ3) is 6.16. The van der Waals surface area contributed by atoms with Gasteiger partial charge < -0.3 is 14.4 Å². The van der Waals surface area contributed by atoms with E-state index < -0.39 is 11.8 Å². The van der Waals surface area contributed by atoms with Crippen molar-refractivity contribution in [3.8, 4) is 16.9 Å². The minimum Gasteiger partial charge on any atom is -0.481 e. The highest BCUT2D eigenvalue weighted by Gasteiger charge is 2.17. The van der Waals surface area contributed by atoms with Crippen molar-refractivity contribution in [2.45, 2.75) is 45.3 Å². The second kappa shape index (κ2) is 12.0. The number of carbonyl (C=O) groups is 1. The molecule has 0 bridgehead atoms. The van der Waals surface area contributed by atoms with E-state index in [1.807, 2.05) is 43.3 Å². The van der Waals surface area contributed by atoms with E-state index in [4.69, 9.17) is 19.4 Å². The van der Waals surface area contributed by atoms with Gasteiger partial charge in [-0.15, -0.1) is 0 Å². The number of aryl methyl sites for hydroxylation is 1. The second-order valence-electron chi connectivity index (χ2n) is 9.53. The van der Waals surface area contributed by atoms with Gasteiger partial charge in [0, 0.05) is 24.5 Å². The molecule has 1 N–H and O–H groups in total. The van der Waals surface area contributed by atoms with Crippen LogP contribution in [0.15, 0.2) is 88.2 Å². The van der Waals surface area contributed by atoms with Crippen LogP contribution in [0.25, 0.3) is 27.8 Å². The number of carboxylic acid groups (broad SMARTS) is 1. The maximum Gasteiger partial charge on any atom is 0.303 e.